The third-order valence-electron chi connectivity index (χ3n) is 7.09. The highest BCUT2D eigenvalue weighted by Gasteiger charge is 2.35. The van der Waals surface area contributed by atoms with Crippen LogP contribution in [0, 0.1) is 5.92 Å². The second kappa shape index (κ2) is 13.0. The summed E-state index contributed by atoms with van der Waals surface area (Å²) in [5.74, 6) is -0.163. The van der Waals surface area contributed by atoms with Gasteiger partial charge in [0.05, 0.1) is 30.4 Å². The molecular weight excluding hydrogens is 474 g/mol. The second-order valence-corrected chi connectivity index (χ2v) is 10.7. The van der Waals surface area contributed by atoms with Crippen molar-refractivity contribution in [2.45, 2.75) is 84.0 Å². The highest BCUT2D eigenvalue weighted by Crippen LogP contribution is 2.35. The summed E-state index contributed by atoms with van der Waals surface area (Å²) in [6.07, 6.45) is 4.82. The molecular formula is C27H43N5O5. The lowest BCUT2D eigenvalue weighted by Gasteiger charge is -2.38. The molecule has 1 aromatic rings. The minimum Gasteiger partial charge on any atom is -0.485 e. The van der Waals surface area contributed by atoms with E-state index in [2.05, 4.69) is 16.0 Å². The number of hydrogen-bond acceptors (Lipinski definition) is 5. The van der Waals surface area contributed by atoms with E-state index in [9.17, 15) is 19.5 Å². The van der Waals surface area contributed by atoms with Crippen molar-refractivity contribution >= 4 is 23.7 Å². The van der Waals surface area contributed by atoms with E-state index in [1.54, 1.807) is 42.0 Å². The number of rotatable bonds is 7. The number of nitrogens with zero attached hydrogens (tertiary/aromatic N) is 2. The Bertz CT molecular complexity index is 949. The van der Waals surface area contributed by atoms with Crippen LogP contribution in [0.5, 0.6) is 5.75 Å². The lowest BCUT2D eigenvalue weighted by molar-refractivity contribution is 0.0368. The van der Waals surface area contributed by atoms with Crippen LogP contribution in [0.3, 0.4) is 0 Å². The van der Waals surface area contributed by atoms with Crippen LogP contribution >= 0.6 is 0 Å². The molecule has 0 saturated heterocycles. The largest absolute Gasteiger partial charge is 0.485 e. The first-order valence-electron chi connectivity index (χ1n) is 13.4. The van der Waals surface area contributed by atoms with E-state index in [-0.39, 0.29) is 54.9 Å². The number of para-hydroxylation sites is 1. The minimum atomic E-state index is -0.465. The molecule has 10 heteroatoms. The van der Waals surface area contributed by atoms with Crippen LogP contribution in [-0.2, 0) is 0 Å². The fraction of sp³-hybridized carbons (Fsp3) is 0.667. The van der Waals surface area contributed by atoms with E-state index < -0.39 is 12.1 Å². The molecule has 1 aliphatic heterocycles. The molecule has 4 N–H and O–H groups in total. The first-order valence-corrected chi connectivity index (χ1v) is 13.4. The van der Waals surface area contributed by atoms with Crippen LogP contribution in [-0.4, -0.2) is 83.8 Å². The maximum Gasteiger partial charge on any atom is 0.319 e. The Morgan fingerprint density at radius 3 is 2.54 bits per heavy atom. The van der Waals surface area contributed by atoms with E-state index in [0.29, 0.717) is 17.8 Å². The van der Waals surface area contributed by atoms with Crippen molar-refractivity contribution in [2.24, 2.45) is 5.92 Å². The van der Waals surface area contributed by atoms with Crippen molar-refractivity contribution in [1.82, 2.24) is 20.4 Å². The van der Waals surface area contributed by atoms with Gasteiger partial charge in [-0.3, -0.25) is 4.79 Å². The van der Waals surface area contributed by atoms with Gasteiger partial charge in [-0.15, -0.1) is 0 Å². The third kappa shape index (κ3) is 7.50. The van der Waals surface area contributed by atoms with Gasteiger partial charge in [-0.05, 0) is 45.7 Å². The zero-order chi connectivity index (χ0) is 27.1. The molecule has 0 radical (unpaired) electrons. The first-order chi connectivity index (χ1) is 17.6. The molecule has 0 spiro atoms. The Labute approximate surface area is 220 Å². The van der Waals surface area contributed by atoms with Crippen LogP contribution in [0.4, 0.5) is 15.3 Å². The molecule has 2 aliphatic rings. The number of aliphatic hydroxyl groups is 1. The third-order valence-corrected chi connectivity index (χ3v) is 7.09. The van der Waals surface area contributed by atoms with Crippen LogP contribution < -0.4 is 20.7 Å². The predicted molar refractivity (Wildman–Crippen MR) is 143 cm³/mol. The van der Waals surface area contributed by atoms with Crippen LogP contribution in [0.1, 0.15) is 70.2 Å². The number of aliphatic hydroxyl groups excluding tert-OH is 1. The van der Waals surface area contributed by atoms with Crippen molar-refractivity contribution in [2.75, 3.05) is 32.1 Å². The lowest BCUT2D eigenvalue weighted by atomic mass is 9.96. The van der Waals surface area contributed by atoms with Gasteiger partial charge in [-0.2, -0.15) is 0 Å². The van der Waals surface area contributed by atoms with E-state index in [4.69, 9.17) is 4.74 Å². The Balaban J connectivity index is 1.91. The van der Waals surface area contributed by atoms with Crippen molar-refractivity contribution in [1.29, 1.82) is 0 Å². The monoisotopic (exact) mass is 517 g/mol. The summed E-state index contributed by atoms with van der Waals surface area (Å²) in [6.45, 7) is 7.99. The number of hydrogen-bond donors (Lipinski definition) is 4. The van der Waals surface area contributed by atoms with Crippen molar-refractivity contribution < 1.29 is 24.2 Å². The van der Waals surface area contributed by atoms with Crippen molar-refractivity contribution in [3.63, 3.8) is 0 Å². The van der Waals surface area contributed by atoms with E-state index in [0.717, 1.165) is 25.7 Å². The highest BCUT2D eigenvalue weighted by molar-refractivity contribution is 6.01. The number of nitrogens with one attached hydrogen (secondary N) is 3. The maximum absolute atomic E-state index is 13.6. The molecule has 0 bridgehead atoms. The standard InChI is InChI=1S/C27H43N5O5/c1-17(2)28-27(36)31(5)15-23-18(3)14-32(19(4)16-33)25(34)21-12-9-13-22(24(21)37-23)30-26(35)29-20-10-7-6-8-11-20/h9,12-13,17-20,23,33H,6-8,10-11,14-16H2,1-5H3,(H,28,36)(H2,29,30,35)/t18-,19-,23-/m1/s1. The van der Waals surface area contributed by atoms with Gasteiger partial charge < -0.3 is 35.6 Å². The second-order valence-electron chi connectivity index (χ2n) is 10.7. The molecule has 0 aromatic heterocycles. The number of carbonyl (C=O) groups is 3. The molecule has 1 fully saturated rings. The first kappa shape index (κ1) is 28.6. The van der Waals surface area contributed by atoms with Gasteiger partial charge >= 0.3 is 12.1 Å². The van der Waals surface area contributed by atoms with Crippen molar-refractivity contribution in [3.8, 4) is 5.75 Å². The molecule has 3 rings (SSSR count). The number of urea groups is 2. The van der Waals surface area contributed by atoms with Gasteiger partial charge in [0, 0.05) is 31.6 Å². The summed E-state index contributed by atoms with van der Waals surface area (Å²) in [5, 5.41) is 18.7. The van der Waals surface area contributed by atoms with Gasteiger partial charge in [0.2, 0.25) is 0 Å². The number of ether oxygens (including phenoxy) is 1. The number of carbonyl (C=O) groups excluding carboxylic acids is 3. The predicted octanol–water partition coefficient (Wildman–Crippen LogP) is 3.41. The molecule has 0 unspecified atom stereocenters. The average Bonchev–Trinajstić information content (AvgIpc) is 2.86. The van der Waals surface area contributed by atoms with Gasteiger partial charge in [0.15, 0.2) is 5.75 Å². The number of likely N-dealkylation sites (N-methyl/N-ethyl adjacent to an activating group) is 1. The Morgan fingerprint density at radius 1 is 1.19 bits per heavy atom. The average molecular weight is 518 g/mol. The molecule has 1 saturated carbocycles. The Hall–Kier alpha value is -3.01. The summed E-state index contributed by atoms with van der Waals surface area (Å²) >= 11 is 0. The van der Waals surface area contributed by atoms with Crippen LogP contribution in [0.15, 0.2) is 18.2 Å². The summed E-state index contributed by atoms with van der Waals surface area (Å²) < 4.78 is 6.45. The molecule has 5 amide bonds. The van der Waals surface area contributed by atoms with Crippen molar-refractivity contribution in [3.05, 3.63) is 23.8 Å². The Morgan fingerprint density at radius 2 is 1.89 bits per heavy atom. The van der Waals surface area contributed by atoms with Gasteiger partial charge in [-0.25, -0.2) is 9.59 Å². The fourth-order valence-electron chi connectivity index (χ4n) is 4.86. The lowest BCUT2D eigenvalue weighted by Crippen LogP contribution is -2.51. The zero-order valence-electron chi connectivity index (χ0n) is 22.8. The summed E-state index contributed by atoms with van der Waals surface area (Å²) in [5.41, 5.74) is 0.700. The minimum absolute atomic E-state index is 0.0108. The topological polar surface area (TPSA) is 123 Å². The number of anilines is 1. The number of fused-ring (bicyclic) bond motifs is 1. The number of amides is 5. The van der Waals surface area contributed by atoms with Gasteiger partial charge in [0.25, 0.3) is 5.91 Å². The smallest absolute Gasteiger partial charge is 0.319 e. The number of benzene rings is 1. The summed E-state index contributed by atoms with van der Waals surface area (Å²) in [7, 11) is 1.70. The van der Waals surface area contributed by atoms with E-state index in [1.165, 1.54) is 6.42 Å². The van der Waals surface area contributed by atoms with Gasteiger partial charge in [-0.1, -0.05) is 32.3 Å². The zero-order valence-corrected chi connectivity index (χ0v) is 22.8. The molecule has 206 valence electrons. The quantitative estimate of drug-likeness (QED) is 0.441. The highest BCUT2D eigenvalue weighted by atomic mass is 16.5. The molecule has 1 aliphatic carbocycles. The summed E-state index contributed by atoms with van der Waals surface area (Å²) in [4.78, 5) is 42.3. The van der Waals surface area contributed by atoms with Gasteiger partial charge in [0.1, 0.15) is 6.10 Å². The molecule has 3 atom stereocenters. The maximum atomic E-state index is 13.6. The van der Waals surface area contributed by atoms with Crippen LogP contribution in [0.25, 0.3) is 0 Å². The van der Waals surface area contributed by atoms with E-state index >= 15 is 0 Å². The Kier molecular flexibility index (Phi) is 10.0. The molecule has 1 aromatic carbocycles. The molecule has 1 heterocycles. The van der Waals surface area contributed by atoms with E-state index in [1.807, 2.05) is 20.8 Å². The van der Waals surface area contributed by atoms with Crippen LogP contribution in [0.2, 0.25) is 0 Å². The fourth-order valence-corrected chi connectivity index (χ4v) is 4.86. The SMILES string of the molecule is CC(C)NC(=O)N(C)C[C@H]1Oc2c(NC(=O)NC3CCCCC3)cccc2C(=O)N([C@H](C)CO)C[C@H]1C. The summed E-state index contributed by atoms with van der Waals surface area (Å²) in [6, 6.07) is 4.24. The molecule has 37 heavy (non-hydrogen) atoms. The normalized spacial score (nSPS) is 21.3. The molecule has 10 nitrogen and oxygen atoms in total.